The van der Waals surface area contributed by atoms with Gasteiger partial charge in [0.15, 0.2) is 0 Å². The quantitative estimate of drug-likeness (QED) is 0.594. The Morgan fingerprint density at radius 1 is 1.45 bits per heavy atom. The molecule has 0 aliphatic carbocycles. The smallest absolute Gasteiger partial charge is 0.0612 e. The van der Waals surface area contributed by atoms with E-state index in [1.54, 1.807) is 0 Å². The molecule has 2 nitrogen and oxygen atoms in total. The third-order valence-electron chi connectivity index (χ3n) is 2.14. The maximum atomic E-state index is 8.49. The van der Waals surface area contributed by atoms with E-state index in [2.05, 4.69) is 11.4 Å². The van der Waals surface area contributed by atoms with Crippen molar-refractivity contribution >= 4 is 0 Å². The van der Waals surface area contributed by atoms with E-state index >= 15 is 0 Å². The van der Waals surface area contributed by atoms with Crippen molar-refractivity contribution in [3.8, 4) is 0 Å². The SMILES string of the molecule is OC/C=C\CC1CCCNC1. The Balaban J connectivity index is 2.09. The predicted molar refractivity (Wildman–Crippen MR) is 46.4 cm³/mol. The molecule has 11 heavy (non-hydrogen) atoms. The van der Waals surface area contributed by atoms with Crippen LogP contribution < -0.4 is 5.32 Å². The first kappa shape index (κ1) is 8.75. The van der Waals surface area contributed by atoms with Crippen molar-refractivity contribution in [1.82, 2.24) is 5.32 Å². The first-order valence-electron chi connectivity index (χ1n) is 4.40. The highest BCUT2D eigenvalue weighted by Crippen LogP contribution is 2.13. The maximum Gasteiger partial charge on any atom is 0.0612 e. The third-order valence-corrected chi connectivity index (χ3v) is 2.14. The Kier molecular flexibility index (Phi) is 4.24. The molecule has 0 aromatic heterocycles. The number of rotatable bonds is 3. The standard InChI is InChI=1S/C9H17NO/c11-7-2-1-4-9-5-3-6-10-8-9/h1-2,9-11H,3-8H2/b2-1-. The van der Waals surface area contributed by atoms with E-state index in [0.29, 0.717) is 0 Å². The molecule has 2 N–H and O–H groups in total. The zero-order chi connectivity index (χ0) is 7.94. The molecule has 0 bridgehead atoms. The van der Waals surface area contributed by atoms with E-state index < -0.39 is 0 Å². The van der Waals surface area contributed by atoms with Gasteiger partial charge in [0.1, 0.15) is 0 Å². The first-order chi connectivity index (χ1) is 5.43. The van der Waals surface area contributed by atoms with Crippen LogP contribution in [0, 0.1) is 5.92 Å². The lowest BCUT2D eigenvalue weighted by Gasteiger charge is -2.20. The molecule has 1 unspecified atom stereocenters. The Hall–Kier alpha value is -0.340. The summed E-state index contributed by atoms with van der Waals surface area (Å²) >= 11 is 0. The van der Waals surface area contributed by atoms with Crippen molar-refractivity contribution in [2.24, 2.45) is 5.92 Å². The van der Waals surface area contributed by atoms with E-state index in [4.69, 9.17) is 5.11 Å². The van der Waals surface area contributed by atoms with E-state index in [-0.39, 0.29) is 6.61 Å². The summed E-state index contributed by atoms with van der Waals surface area (Å²) in [6.07, 6.45) is 7.67. The molecule has 2 heteroatoms. The summed E-state index contributed by atoms with van der Waals surface area (Å²) in [4.78, 5) is 0. The van der Waals surface area contributed by atoms with E-state index in [9.17, 15) is 0 Å². The van der Waals surface area contributed by atoms with Gasteiger partial charge >= 0.3 is 0 Å². The van der Waals surface area contributed by atoms with Crippen LogP contribution in [0.25, 0.3) is 0 Å². The normalized spacial score (nSPS) is 26.1. The molecule has 1 aliphatic rings. The summed E-state index contributed by atoms with van der Waals surface area (Å²) in [6.45, 7) is 2.51. The monoisotopic (exact) mass is 155 g/mol. The summed E-state index contributed by atoms with van der Waals surface area (Å²) < 4.78 is 0. The summed E-state index contributed by atoms with van der Waals surface area (Å²) in [7, 11) is 0. The van der Waals surface area contributed by atoms with Gasteiger partial charge < -0.3 is 10.4 Å². The lowest BCUT2D eigenvalue weighted by molar-refractivity contribution is 0.340. The first-order valence-corrected chi connectivity index (χ1v) is 4.40. The van der Waals surface area contributed by atoms with Crippen molar-refractivity contribution in [2.45, 2.75) is 19.3 Å². The second-order valence-corrected chi connectivity index (χ2v) is 3.10. The Morgan fingerprint density at radius 2 is 2.36 bits per heavy atom. The van der Waals surface area contributed by atoms with Gasteiger partial charge in [0.25, 0.3) is 0 Å². The fourth-order valence-electron chi connectivity index (χ4n) is 1.49. The predicted octanol–water partition coefficient (Wildman–Crippen LogP) is 0.925. The Labute approximate surface area is 68.3 Å². The largest absolute Gasteiger partial charge is 0.392 e. The molecular formula is C9H17NO. The van der Waals surface area contributed by atoms with Crippen molar-refractivity contribution in [3.63, 3.8) is 0 Å². The molecule has 0 amide bonds. The van der Waals surface area contributed by atoms with Crippen LogP contribution in [0.5, 0.6) is 0 Å². The van der Waals surface area contributed by atoms with Gasteiger partial charge in [-0.2, -0.15) is 0 Å². The maximum absolute atomic E-state index is 8.49. The highest BCUT2D eigenvalue weighted by molar-refractivity contribution is 4.85. The molecule has 1 saturated heterocycles. The van der Waals surface area contributed by atoms with Crippen LogP contribution in [0.2, 0.25) is 0 Å². The highest BCUT2D eigenvalue weighted by atomic mass is 16.2. The second-order valence-electron chi connectivity index (χ2n) is 3.10. The van der Waals surface area contributed by atoms with Crippen LogP contribution in [-0.2, 0) is 0 Å². The number of aliphatic hydroxyl groups excluding tert-OH is 1. The molecule has 0 aromatic rings. The van der Waals surface area contributed by atoms with Crippen molar-refractivity contribution in [3.05, 3.63) is 12.2 Å². The van der Waals surface area contributed by atoms with Crippen LogP contribution in [0.3, 0.4) is 0 Å². The van der Waals surface area contributed by atoms with Gasteiger partial charge in [-0.25, -0.2) is 0 Å². The van der Waals surface area contributed by atoms with Crippen molar-refractivity contribution in [1.29, 1.82) is 0 Å². The average molecular weight is 155 g/mol. The molecule has 64 valence electrons. The van der Waals surface area contributed by atoms with Gasteiger partial charge in [-0.1, -0.05) is 12.2 Å². The molecular weight excluding hydrogens is 138 g/mol. The third kappa shape index (κ3) is 3.54. The number of piperidine rings is 1. The number of nitrogens with one attached hydrogen (secondary N) is 1. The molecule has 0 saturated carbocycles. The van der Waals surface area contributed by atoms with Gasteiger partial charge in [-0.3, -0.25) is 0 Å². The lowest BCUT2D eigenvalue weighted by atomic mass is 9.96. The van der Waals surface area contributed by atoms with Crippen LogP contribution >= 0.6 is 0 Å². The topological polar surface area (TPSA) is 32.3 Å². The Morgan fingerprint density at radius 3 is 3.00 bits per heavy atom. The summed E-state index contributed by atoms with van der Waals surface area (Å²) in [5, 5.41) is 11.9. The Bertz CT molecular complexity index is 117. The van der Waals surface area contributed by atoms with Crippen LogP contribution in [0.15, 0.2) is 12.2 Å². The van der Waals surface area contributed by atoms with Gasteiger partial charge in [0, 0.05) is 0 Å². The molecule has 1 aliphatic heterocycles. The van der Waals surface area contributed by atoms with Crippen LogP contribution in [0.4, 0.5) is 0 Å². The summed E-state index contributed by atoms with van der Waals surface area (Å²) in [5.41, 5.74) is 0. The lowest BCUT2D eigenvalue weighted by Crippen LogP contribution is -2.29. The van der Waals surface area contributed by atoms with Gasteiger partial charge in [0.05, 0.1) is 6.61 Å². The summed E-state index contributed by atoms with van der Waals surface area (Å²) in [6, 6.07) is 0. The number of hydrogen-bond acceptors (Lipinski definition) is 2. The fourth-order valence-corrected chi connectivity index (χ4v) is 1.49. The molecule has 1 atom stereocenters. The molecule has 1 fully saturated rings. The fraction of sp³-hybridized carbons (Fsp3) is 0.778. The molecule has 1 heterocycles. The van der Waals surface area contributed by atoms with Crippen molar-refractivity contribution < 1.29 is 5.11 Å². The van der Waals surface area contributed by atoms with Crippen LogP contribution in [0.1, 0.15) is 19.3 Å². The zero-order valence-corrected chi connectivity index (χ0v) is 6.92. The number of hydrogen-bond donors (Lipinski definition) is 2. The van der Waals surface area contributed by atoms with Crippen molar-refractivity contribution in [2.75, 3.05) is 19.7 Å². The zero-order valence-electron chi connectivity index (χ0n) is 6.92. The number of allylic oxidation sites excluding steroid dienone is 1. The highest BCUT2D eigenvalue weighted by Gasteiger charge is 2.10. The summed E-state index contributed by atoms with van der Waals surface area (Å²) in [5.74, 6) is 0.798. The van der Waals surface area contributed by atoms with E-state index in [1.807, 2.05) is 6.08 Å². The molecule has 0 radical (unpaired) electrons. The van der Waals surface area contributed by atoms with E-state index in [1.165, 1.54) is 19.4 Å². The number of aliphatic hydroxyl groups is 1. The molecule has 0 aromatic carbocycles. The van der Waals surface area contributed by atoms with Gasteiger partial charge in [-0.15, -0.1) is 0 Å². The second kappa shape index (κ2) is 5.33. The van der Waals surface area contributed by atoms with Gasteiger partial charge in [-0.05, 0) is 38.3 Å². The minimum atomic E-state index is 0.181. The average Bonchev–Trinajstić information content (AvgIpc) is 2.07. The van der Waals surface area contributed by atoms with Crippen LogP contribution in [-0.4, -0.2) is 24.8 Å². The van der Waals surface area contributed by atoms with Gasteiger partial charge in [0.2, 0.25) is 0 Å². The molecule has 1 rings (SSSR count). The minimum absolute atomic E-state index is 0.181. The molecule has 0 spiro atoms. The minimum Gasteiger partial charge on any atom is -0.392 e. The van der Waals surface area contributed by atoms with E-state index in [0.717, 1.165) is 18.9 Å².